The van der Waals surface area contributed by atoms with Crippen LogP contribution in [0.4, 0.5) is 5.69 Å². The predicted molar refractivity (Wildman–Crippen MR) is 256 cm³/mol. The van der Waals surface area contributed by atoms with Gasteiger partial charge in [0.2, 0.25) is 0 Å². The predicted octanol–water partition coefficient (Wildman–Crippen LogP) is 16.1. The van der Waals surface area contributed by atoms with Crippen LogP contribution in [-0.4, -0.2) is 0 Å². The van der Waals surface area contributed by atoms with Gasteiger partial charge in [-0.2, -0.15) is 0 Å². The fourth-order valence-corrected chi connectivity index (χ4v) is 9.78. The van der Waals surface area contributed by atoms with Crippen LogP contribution in [-0.2, 0) is 5.41 Å². The van der Waals surface area contributed by atoms with E-state index >= 15 is 0 Å². The SMILES string of the molecule is CC1(C)C(=C/c2ccc(-c3ccccc3)cc2)/C(=C\C=C\Nc2ccc(-c3cc4sc5ccccc5c4cc3-c3ccc(-c4ccccc4)cc3)cc2)c2ccccc21. The fraction of sp³-hybridized carbons (Fsp3) is 0.0526. The number of hydrogen-bond acceptors (Lipinski definition) is 2. The Labute approximate surface area is 351 Å². The van der Waals surface area contributed by atoms with Crippen LogP contribution in [0.3, 0.4) is 0 Å². The highest BCUT2D eigenvalue weighted by molar-refractivity contribution is 7.25. The lowest BCUT2D eigenvalue weighted by Gasteiger charge is -2.22. The monoisotopic (exact) mass is 773 g/mol. The molecule has 0 bridgehead atoms. The Bertz CT molecular complexity index is 3040. The van der Waals surface area contributed by atoms with Crippen molar-refractivity contribution in [1.82, 2.24) is 0 Å². The van der Waals surface area contributed by atoms with Gasteiger partial charge in [0, 0.05) is 37.5 Å². The highest BCUT2D eigenvalue weighted by atomic mass is 32.1. The zero-order valence-corrected chi connectivity index (χ0v) is 34.0. The smallest absolute Gasteiger partial charge is 0.0380 e. The number of thiophene rings is 1. The summed E-state index contributed by atoms with van der Waals surface area (Å²) in [7, 11) is 0. The van der Waals surface area contributed by atoms with Gasteiger partial charge in [-0.1, -0.05) is 190 Å². The molecule has 1 aliphatic rings. The summed E-state index contributed by atoms with van der Waals surface area (Å²) in [4.78, 5) is 0. The first-order valence-electron chi connectivity index (χ1n) is 20.3. The second kappa shape index (κ2) is 15.4. The zero-order valence-electron chi connectivity index (χ0n) is 33.2. The number of rotatable bonds is 8. The standard InChI is InChI=1S/C57H43NS/c1-57(2)53-21-11-9-18-47(53)48(54(57)36-39-23-25-42(26-24-39)40-14-5-3-6-15-40)20-13-35-58-46-33-31-45(32-34-46)51-38-56-52(49-19-10-12-22-55(49)59-56)37-50(51)44-29-27-43(28-30-44)41-16-7-4-8-17-41/h3-38,58H,1-2H3/b35-13+,48-20-,54-36+. The van der Waals surface area contributed by atoms with Crippen LogP contribution in [0.1, 0.15) is 30.5 Å². The molecule has 0 fully saturated rings. The van der Waals surface area contributed by atoms with Gasteiger partial charge in [0.1, 0.15) is 0 Å². The average molecular weight is 774 g/mol. The van der Waals surface area contributed by atoms with Crippen LogP contribution in [0, 0.1) is 0 Å². The molecular formula is C57H43NS. The van der Waals surface area contributed by atoms with Gasteiger partial charge in [-0.05, 0) is 109 Å². The van der Waals surface area contributed by atoms with Crippen LogP contribution in [0.2, 0.25) is 0 Å². The van der Waals surface area contributed by atoms with Crippen LogP contribution < -0.4 is 5.32 Å². The molecule has 0 radical (unpaired) electrons. The van der Waals surface area contributed by atoms with E-state index in [4.69, 9.17) is 0 Å². The third kappa shape index (κ3) is 7.03. The van der Waals surface area contributed by atoms with Gasteiger partial charge < -0.3 is 5.32 Å². The molecular weight excluding hydrogens is 731 g/mol. The van der Waals surface area contributed by atoms with Crippen LogP contribution in [0.15, 0.2) is 218 Å². The third-order valence-electron chi connectivity index (χ3n) is 11.8. The van der Waals surface area contributed by atoms with Gasteiger partial charge in [-0.25, -0.2) is 0 Å². The lowest BCUT2D eigenvalue weighted by Crippen LogP contribution is -2.14. The van der Waals surface area contributed by atoms with E-state index in [1.165, 1.54) is 92.5 Å². The molecule has 0 aliphatic heterocycles. The molecule has 10 rings (SSSR count). The number of benzene rings is 8. The first-order valence-corrected chi connectivity index (χ1v) is 21.1. The van der Waals surface area contributed by atoms with Crippen molar-refractivity contribution in [3.05, 3.63) is 235 Å². The topological polar surface area (TPSA) is 12.0 Å². The van der Waals surface area contributed by atoms with E-state index in [9.17, 15) is 0 Å². The minimum atomic E-state index is -0.126. The largest absolute Gasteiger partial charge is 0.362 e. The van der Waals surface area contributed by atoms with E-state index in [2.05, 4.69) is 232 Å². The van der Waals surface area contributed by atoms with Crippen molar-refractivity contribution in [2.45, 2.75) is 19.3 Å². The zero-order chi connectivity index (χ0) is 39.8. The first-order chi connectivity index (χ1) is 29.0. The molecule has 1 N–H and O–H groups in total. The minimum absolute atomic E-state index is 0.126. The normalized spacial score (nSPS) is 14.7. The fourth-order valence-electron chi connectivity index (χ4n) is 8.65. The number of anilines is 1. The van der Waals surface area contributed by atoms with Crippen molar-refractivity contribution in [3.8, 4) is 44.5 Å². The molecule has 9 aromatic rings. The van der Waals surface area contributed by atoms with Gasteiger partial charge in [0.05, 0.1) is 0 Å². The maximum absolute atomic E-state index is 3.55. The van der Waals surface area contributed by atoms with Gasteiger partial charge in [-0.15, -0.1) is 11.3 Å². The van der Waals surface area contributed by atoms with Crippen LogP contribution in [0.25, 0.3) is 76.3 Å². The second-order valence-electron chi connectivity index (χ2n) is 15.8. The van der Waals surface area contributed by atoms with Crippen molar-refractivity contribution < 1.29 is 0 Å². The van der Waals surface area contributed by atoms with Crippen molar-refractivity contribution in [3.63, 3.8) is 0 Å². The van der Waals surface area contributed by atoms with E-state index in [1.807, 2.05) is 17.5 Å². The highest BCUT2D eigenvalue weighted by Crippen LogP contribution is 2.50. The molecule has 0 saturated carbocycles. The van der Waals surface area contributed by atoms with Gasteiger partial charge >= 0.3 is 0 Å². The van der Waals surface area contributed by atoms with Crippen molar-refractivity contribution in [2.75, 3.05) is 5.32 Å². The average Bonchev–Trinajstić information content (AvgIpc) is 3.76. The molecule has 1 aliphatic carbocycles. The number of fused-ring (bicyclic) bond motifs is 4. The number of nitrogens with one attached hydrogen (secondary N) is 1. The number of hydrogen-bond donors (Lipinski definition) is 1. The van der Waals surface area contributed by atoms with Gasteiger partial charge in [0.15, 0.2) is 0 Å². The number of allylic oxidation sites excluding steroid dienone is 4. The molecule has 8 aromatic carbocycles. The molecule has 0 saturated heterocycles. The summed E-state index contributed by atoms with van der Waals surface area (Å²) in [6.07, 6.45) is 8.81. The van der Waals surface area contributed by atoms with Crippen molar-refractivity contribution in [1.29, 1.82) is 0 Å². The van der Waals surface area contributed by atoms with Crippen LogP contribution in [0.5, 0.6) is 0 Å². The lowest BCUT2D eigenvalue weighted by atomic mass is 9.81. The van der Waals surface area contributed by atoms with E-state index < -0.39 is 0 Å². The van der Waals surface area contributed by atoms with Crippen molar-refractivity contribution in [2.24, 2.45) is 0 Å². The minimum Gasteiger partial charge on any atom is -0.362 e. The molecule has 1 heterocycles. The van der Waals surface area contributed by atoms with E-state index in [0.29, 0.717) is 0 Å². The Morgan fingerprint density at radius 3 is 1.69 bits per heavy atom. The summed E-state index contributed by atoms with van der Waals surface area (Å²) in [5.74, 6) is 0. The molecule has 0 unspecified atom stereocenters. The maximum Gasteiger partial charge on any atom is 0.0380 e. The Balaban J connectivity index is 0.938. The Kier molecular flexibility index (Phi) is 9.49. The maximum atomic E-state index is 3.55. The van der Waals surface area contributed by atoms with Crippen LogP contribution >= 0.6 is 11.3 Å². The summed E-state index contributed by atoms with van der Waals surface area (Å²) in [5, 5.41) is 6.17. The van der Waals surface area contributed by atoms with E-state index in [0.717, 1.165) is 5.69 Å². The molecule has 1 nitrogen and oxygen atoms in total. The summed E-state index contributed by atoms with van der Waals surface area (Å²) in [6, 6.07) is 70.3. The van der Waals surface area contributed by atoms with E-state index in [1.54, 1.807) is 0 Å². The summed E-state index contributed by atoms with van der Waals surface area (Å²) >= 11 is 1.87. The van der Waals surface area contributed by atoms with Gasteiger partial charge in [0.25, 0.3) is 0 Å². The Morgan fingerprint density at radius 2 is 1.00 bits per heavy atom. The summed E-state index contributed by atoms with van der Waals surface area (Å²) in [5.41, 5.74) is 17.1. The molecule has 0 spiro atoms. The summed E-state index contributed by atoms with van der Waals surface area (Å²) in [6.45, 7) is 4.67. The molecule has 2 heteroatoms. The Hall–Kier alpha value is -7.00. The Morgan fingerprint density at radius 1 is 0.458 bits per heavy atom. The summed E-state index contributed by atoms with van der Waals surface area (Å²) < 4.78 is 2.62. The molecule has 1 aromatic heterocycles. The molecule has 59 heavy (non-hydrogen) atoms. The molecule has 0 atom stereocenters. The highest BCUT2D eigenvalue weighted by Gasteiger charge is 2.37. The molecule has 0 amide bonds. The van der Waals surface area contributed by atoms with Crippen molar-refractivity contribution >= 4 is 48.8 Å². The first kappa shape index (κ1) is 36.3. The van der Waals surface area contributed by atoms with Gasteiger partial charge in [-0.3, -0.25) is 0 Å². The third-order valence-corrected chi connectivity index (χ3v) is 12.9. The quantitative estimate of drug-likeness (QED) is 0.162. The second-order valence-corrected chi connectivity index (χ2v) is 16.9. The van der Waals surface area contributed by atoms with E-state index in [-0.39, 0.29) is 5.41 Å². The lowest BCUT2D eigenvalue weighted by molar-refractivity contribution is 0.665. The molecule has 282 valence electrons.